The number of nitrogens with zero attached hydrogens (tertiary/aromatic N) is 2. The molecule has 0 aliphatic carbocycles. The monoisotopic (exact) mass is 359 g/mol. The van der Waals surface area contributed by atoms with Gasteiger partial charge < -0.3 is 10.1 Å². The molecule has 0 radical (unpaired) electrons. The fourth-order valence-electron chi connectivity index (χ4n) is 3.53. The molecule has 2 heterocycles. The second kappa shape index (κ2) is 7.11. The predicted molar refractivity (Wildman–Crippen MR) is 106 cm³/mol. The summed E-state index contributed by atoms with van der Waals surface area (Å²) in [4.78, 5) is 12.5. The summed E-state index contributed by atoms with van der Waals surface area (Å²) in [5.41, 5.74) is 4.03. The number of amides is 1. The molecule has 2 aromatic carbocycles. The van der Waals surface area contributed by atoms with E-state index in [4.69, 9.17) is 4.74 Å². The summed E-state index contributed by atoms with van der Waals surface area (Å²) < 4.78 is 7.63. The molecule has 1 aliphatic heterocycles. The average molecular weight is 359 g/mol. The van der Waals surface area contributed by atoms with E-state index in [0.29, 0.717) is 13.0 Å². The van der Waals surface area contributed by atoms with Crippen LogP contribution in [0, 0.1) is 6.92 Å². The molecule has 0 fully saturated rings. The Hall–Kier alpha value is -3.34. The van der Waals surface area contributed by atoms with Gasteiger partial charge in [-0.3, -0.25) is 4.79 Å². The molecule has 3 aromatic rings. The Morgan fingerprint density at radius 2 is 2.00 bits per heavy atom. The summed E-state index contributed by atoms with van der Waals surface area (Å²) in [6.45, 7) is 6.16. The van der Waals surface area contributed by atoms with Gasteiger partial charge in [-0.1, -0.05) is 49.1 Å². The number of hydrogen-bond donors (Lipinski definition) is 1. The number of anilines is 1. The van der Waals surface area contributed by atoms with Crippen molar-refractivity contribution < 1.29 is 9.53 Å². The molecule has 0 saturated carbocycles. The second-order valence-corrected chi connectivity index (χ2v) is 6.59. The Balaban J connectivity index is 1.81. The maximum atomic E-state index is 12.5. The summed E-state index contributed by atoms with van der Waals surface area (Å²) >= 11 is 0. The van der Waals surface area contributed by atoms with E-state index in [1.165, 1.54) is 0 Å². The zero-order valence-corrected chi connectivity index (χ0v) is 15.2. The summed E-state index contributed by atoms with van der Waals surface area (Å²) in [5.74, 6) is 1.37. The Bertz CT molecular complexity index is 1010. The number of aromatic nitrogens is 2. The van der Waals surface area contributed by atoms with Crippen molar-refractivity contribution in [3.8, 4) is 11.4 Å². The molecular formula is C22H21N3O2. The fourth-order valence-corrected chi connectivity index (χ4v) is 3.53. The van der Waals surface area contributed by atoms with Crippen molar-refractivity contribution in [2.45, 2.75) is 19.3 Å². The summed E-state index contributed by atoms with van der Waals surface area (Å²) in [7, 11) is 0. The summed E-state index contributed by atoms with van der Waals surface area (Å²) in [6, 6.07) is 15.8. The third kappa shape index (κ3) is 3.12. The first-order valence-corrected chi connectivity index (χ1v) is 8.95. The smallest absolute Gasteiger partial charge is 0.226 e. The Kier molecular flexibility index (Phi) is 4.50. The zero-order chi connectivity index (χ0) is 18.8. The van der Waals surface area contributed by atoms with Crippen molar-refractivity contribution in [3.05, 3.63) is 84.1 Å². The lowest BCUT2D eigenvalue weighted by molar-refractivity contribution is -0.116. The standard InChI is InChI=1S/C22H21N3O2/c1-3-12-27-20-11-7-5-9-16(20)17-13-21(26)24-22-18(17)14-23-25(22)19-10-6-4-8-15(19)2/h3-11,14,17H,1,12-13H2,2H3,(H,24,26). The molecule has 1 aromatic heterocycles. The van der Waals surface area contributed by atoms with Gasteiger partial charge in [-0.2, -0.15) is 5.10 Å². The van der Waals surface area contributed by atoms with Gasteiger partial charge >= 0.3 is 0 Å². The number of aryl methyl sites for hydroxylation is 1. The van der Waals surface area contributed by atoms with Gasteiger partial charge in [-0.25, -0.2) is 4.68 Å². The topological polar surface area (TPSA) is 56.1 Å². The van der Waals surface area contributed by atoms with Crippen LogP contribution in [-0.2, 0) is 4.79 Å². The van der Waals surface area contributed by atoms with Gasteiger partial charge in [0.15, 0.2) is 0 Å². The lowest BCUT2D eigenvalue weighted by Gasteiger charge is -2.25. The highest BCUT2D eigenvalue weighted by molar-refractivity contribution is 5.94. The van der Waals surface area contributed by atoms with Gasteiger partial charge in [-0.05, 0) is 24.6 Å². The van der Waals surface area contributed by atoms with Crippen molar-refractivity contribution >= 4 is 11.7 Å². The fraction of sp³-hybridized carbons (Fsp3) is 0.182. The van der Waals surface area contributed by atoms with Crippen LogP contribution in [0.25, 0.3) is 5.69 Å². The Morgan fingerprint density at radius 3 is 2.81 bits per heavy atom. The van der Waals surface area contributed by atoms with Crippen LogP contribution in [-0.4, -0.2) is 22.3 Å². The van der Waals surface area contributed by atoms with Gasteiger partial charge in [0.1, 0.15) is 18.2 Å². The van der Waals surface area contributed by atoms with Crippen molar-refractivity contribution in [2.75, 3.05) is 11.9 Å². The van der Waals surface area contributed by atoms with E-state index in [2.05, 4.69) is 17.0 Å². The van der Waals surface area contributed by atoms with Crippen LogP contribution >= 0.6 is 0 Å². The van der Waals surface area contributed by atoms with E-state index >= 15 is 0 Å². The van der Waals surface area contributed by atoms with Crippen LogP contribution in [0.5, 0.6) is 5.75 Å². The molecule has 1 aliphatic rings. The molecule has 1 unspecified atom stereocenters. The van der Waals surface area contributed by atoms with Gasteiger partial charge in [0.05, 0.1) is 11.9 Å². The Morgan fingerprint density at radius 1 is 1.22 bits per heavy atom. The lowest BCUT2D eigenvalue weighted by Crippen LogP contribution is -2.25. The van der Waals surface area contributed by atoms with Crippen LogP contribution < -0.4 is 10.1 Å². The number of nitrogens with one attached hydrogen (secondary N) is 1. The zero-order valence-electron chi connectivity index (χ0n) is 15.2. The number of rotatable bonds is 5. The number of carbonyl (C=O) groups is 1. The molecule has 136 valence electrons. The van der Waals surface area contributed by atoms with E-state index < -0.39 is 0 Å². The third-order valence-electron chi connectivity index (χ3n) is 4.82. The molecule has 5 heteroatoms. The predicted octanol–water partition coefficient (Wildman–Crippen LogP) is 4.22. The first-order valence-electron chi connectivity index (χ1n) is 8.95. The minimum atomic E-state index is -0.104. The van der Waals surface area contributed by atoms with Gasteiger partial charge in [0, 0.05) is 23.5 Å². The van der Waals surface area contributed by atoms with Crippen molar-refractivity contribution in [1.29, 1.82) is 0 Å². The molecule has 1 N–H and O–H groups in total. The minimum absolute atomic E-state index is 0.0265. The number of carbonyl (C=O) groups excluding carboxylic acids is 1. The number of hydrogen-bond acceptors (Lipinski definition) is 3. The SMILES string of the molecule is C=CCOc1ccccc1C1CC(=O)Nc2c1cnn2-c1ccccc1C. The number of fused-ring (bicyclic) bond motifs is 1. The van der Waals surface area contributed by atoms with E-state index in [-0.39, 0.29) is 11.8 Å². The first-order chi connectivity index (χ1) is 13.2. The molecule has 0 saturated heterocycles. The van der Waals surface area contributed by atoms with Crippen LogP contribution in [0.15, 0.2) is 67.4 Å². The number of benzene rings is 2. The van der Waals surface area contributed by atoms with Crippen LogP contribution in [0.4, 0.5) is 5.82 Å². The summed E-state index contributed by atoms with van der Waals surface area (Å²) in [5, 5.41) is 7.58. The van der Waals surface area contributed by atoms with Gasteiger partial charge in [0.25, 0.3) is 0 Å². The molecule has 1 amide bonds. The second-order valence-electron chi connectivity index (χ2n) is 6.59. The molecule has 27 heavy (non-hydrogen) atoms. The molecule has 0 bridgehead atoms. The molecule has 0 spiro atoms. The average Bonchev–Trinajstić information content (AvgIpc) is 3.10. The van der Waals surface area contributed by atoms with Crippen molar-refractivity contribution in [1.82, 2.24) is 9.78 Å². The molecule has 4 rings (SSSR count). The highest BCUT2D eigenvalue weighted by Crippen LogP contribution is 2.41. The van der Waals surface area contributed by atoms with Crippen molar-refractivity contribution in [3.63, 3.8) is 0 Å². The lowest BCUT2D eigenvalue weighted by atomic mass is 9.87. The number of ether oxygens (including phenoxy) is 1. The highest BCUT2D eigenvalue weighted by Gasteiger charge is 2.32. The van der Waals surface area contributed by atoms with E-state index in [0.717, 1.165) is 33.9 Å². The Labute approximate surface area is 158 Å². The maximum Gasteiger partial charge on any atom is 0.226 e. The number of para-hydroxylation sites is 2. The van der Waals surface area contributed by atoms with E-state index in [1.54, 1.807) is 6.08 Å². The van der Waals surface area contributed by atoms with Crippen LogP contribution in [0.1, 0.15) is 29.0 Å². The van der Waals surface area contributed by atoms with Gasteiger partial charge in [0.2, 0.25) is 5.91 Å². The van der Waals surface area contributed by atoms with Gasteiger partial charge in [-0.15, -0.1) is 0 Å². The highest BCUT2D eigenvalue weighted by atomic mass is 16.5. The molecule has 5 nitrogen and oxygen atoms in total. The van der Waals surface area contributed by atoms with E-state index in [9.17, 15) is 4.79 Å². The maximum absolute atomic E-state index is 12.5. The first kappa shape index (κ1) is 17.1. The van der Waals surface area contributed by atoms with Crippen molar-refractivity contribution in [2.24, 2.45) is 0 Å². The van der Waals surface area contributed by atoms with Crippen LogP contribution in [0.3, 0.4) is 0 Å². The normalized spacial score (nSPS) is 15.7. The minimum Gasteiger partial charge on any atom is -0.489 e. The quantitative estimate of drug-likeness (QED) is 0.694. The molecular weight excluding hydrogens is 338 g/mol. The largest absolute Gasteiger partial charge is 0.489 e. The molecule has 1 atom stereocenters. The van der Waals surface area contributed by atoms with Crippen LogP contribution in [0.2, 0.25) is 0 Å². The van der Waals surface area contributed by atoms with E-state index in [1.807, 2.05) is 66.3 Å². The third-order valence-corrected chi connectivity index (χ3v) is 4.82. The summed E-state index contributed by atoms with van der Waals surface area (Å²) in [6.07, 6.45) is 3.92.